The Kier molecular flexibility index (Phi) is 2.99. The maximum atomic E-state index is 5.82. The fourth-order valence-electron chi connectivity index (χ4n) is 0.690. The van der Waals surface area contributed by atoms with Crippen LogP contribution in [-0.4, -0.2) is 23.3 Å². The van der Waals surface area contributed by atoms with E-state index in [1.165, 1.54) is 11.8 Å². The Labute approximate surface area is 79.9 Å². The highest BCUT2D eigenvalue weighted by Crippen LogP contribution is 2.28. The van der Waals surface area contributed by atoms with Crippen LogP contribution in [0.2, 0.25) is 5.02 Å². The molecule has 66 valence electrons. The molecular weight excluding hydrogens is 196 g/mol. The van der Waals surface area contributed by atoms with Crippen molar-refractivity contribution < 1.29 is 0 Å². The van der Waals surface area contributed by atoms with Crippen LogP contribution in [0.4, 0.5) is 11.8 Å². The number of nitrogens with zero attached hydrogens (tertiary/aromatic N) is 2. The van der Waals surface area contributed by atoms with E-state index in [0.29, 0.717) is 21.8 Å². The topological polar surface area (TPSA) is 63.8 Å². The molecule has 6 heteroatoms. The molecule has 0 aliphatic carbocycles. The van der Waals surface area contributed by atoms with E-state index in [1.807, 2.05) is 6.26 Å². The number of anilines is 2. The van der Waals surface area contributed by atoms with E-state index in [4.69, 9.17) is 17.3 Å². The van der Waals surface area contributed by atoms with E-state index in [1.54, 1.807) is 7.05 Å². The molecule has 12 heavy (non-hydrogen) atoms. The lowest BCUT2D eigenvalue weighted by molar-refractivity contribution is 1.06. The van der Waals surface area contributed by atoms with Gasteiger partial charge in [0.05, 0.1) is 0 Å². The molecule has 0 saturated carbocycles. The van der Waals surface area contributed by atoms with E-state index in [2.05, 4.69) is 15.3 Å². The normalized spacial score (nSPS) is 9.92. The van der Waals surface area contributed by atoms with Crippen LogP contribution in [0.5, 0.6) is 0 Å². The third-order valence-corrected chi connectivity index (χ3v) is 2.43. The minimum absolute atomic E-state index is 0.306. The van der Waals surface area contributed by atoms with E-state index >= 15 is 0 Å². The zero-order valence-corrected chi connectivity index (χ0v) is 8.33. The number of nitrogen functional groups attached to an aromatic ring is 1. The number of rotatable bonds is 2. The average Bonchev–Trinajstić information content (AvgIpc) is 2.09. The minimum atomic E-state index is 0.306. The Morgan fingerprint density at radius 3 is 2.67 bits per heavy atom. The first kappa shape index (κ1) is 9.41. The number of nitrogens with one attached hydrogen (secondary N) is 1. The lowest BCUT2D eigenvalue weighted by Gasteiger charge is -2.04. The molecule has 0 unspecified atom stereocenters. The Morgan fingerprint density at radius 2 is 2.17 bits per heavy atom. The predicted octanol–water partition coefficient (Wildman–Crippen LogP) is 1.48. The van der Waals surface area contributed by atoms with Crippen LogP contribution < -0.4 is 11.1 Å². The monoisotopic (exact) mass is 204 g/mol. The summed E-state index contributed by atoms with van der Waals surface area (Å²) >= 11 is 7.26. The quantitative estimate of drug-likeness (QED) is 0.565. The van der Waals surface area contributed by atoms with Gasteiger partial charge in [-0.1, -0.05) is 11.6 Å². The lowest BCUT2D eigenvalue weighted by Crippen LogP contribution is -2.02. The van der Waals surface area contributed by atoms with Gasteiger partial charge < -0.3 is 11.1 Å². The van der Waals surface area contributed by atoms with Crippen molar-refractivity contribution in [2.75, 3.05) is 24.4 Å². The van der Waals surface area contributed by atoms with Crippen molar-refractivity contribution in [3.05, 3.63) is 5.02 Å². The van der Waals surface area contributed by atoms with E-state index in [-0.39, 0.29) is 0 Å². The molecule has 0 aromatic carbocycles. The van der Waals surface area contributed by atoms with Crippen LogP contribution in [0.25, 0.3) is 0 Å². The van der Waals surface area contributed by atoms with E-state index in [9.17, 15) is 0 Å². The highest BCUT2D eigenvalue weighted by atomic mass is 35.5. The summed E-state index contributed by atoms with van der Waals surface area (Å²) in [7, 11) is 1.73. The van der Waals surface area contributed by atoms with Gasteiger partial charge in [-0.25, -0.2) is 4.98 Å². The summed E-state index contributed by atoms with van der Waals surface area (Å²) in [5.74, 6) is 0.793. The zero-order valence-electron chi connectivity index (χ0n) is 6.76. The van der Waals surface area contributed by atoms with Crippen LogP contribution in [0.3, 0.4) is 0 Å². The first-order chi connectivity index (χ1) is 5.69. The van der Waals surface area contributed by atoms with Gasteiger partial charge in [-0.2, -0.15) is 4.98 Å². The molecule has 0 amide bonds. The van der Waals surface area contributed by atoms with E-state index < -0.39 is 0 Å². The molecule has 0 saturated heterocycles. The second-order valence-electron chi connectivity index (χ2n) is 2.01. The van der Waals surface area contributed by atoms with Crippen molar-refractivity contribution in [3.63, 3.8) is 0 Å². The predicted molar refractivity (Wildman–Crippen MR) is 52.8 cm³/mol. The van der Waals surface area contributed by atoms with Gasteiger partial charge in [0.15, 0.2) is 0 Å². The van der Waals surface area contributed by atoms with Crippen LogP contribution in [0.15, 0.2) is 5.03 Å². The smallest absolute Gasteiger partial charge is 0.225 e. The molecule has 0 bridgehead atoms. The molecule has 1 rings (SSSR count). The number of hydrogen-bond acceptors (Lipinski definition) is 5. The summed E-state index contributed by atoms with van der Waals surface area (Å²) < 4.78 is 0. The fraction of sp³-hybridized carbons (Fsp3) is 0.333. The molecule has 1 aromatic rings. The van der Waals surface area contributed by atoms with Crippen molar-refractivity contribution in [2.45, 2.75) is 5.03 Å². The van der Waals surface area contributed by atoms with Gasteiger partial charge in [-0.15, -0.1) is 11.8 Å². The van der Waals surface area contributed by atoms with Crippen molar-refractivity contribution in [1.29, 1.82) is 0 Å². The Hall–Kier alpha value is -0.680. The summed E-state index contributed by atoms with van der Waals surface area (Å²) in [6.07, 6.45) is 1.88. The Bertz CT molecular complexity index is 291. The Balaban J connectivity index is 3.19. The van der Waals surface area contributed by atoms with E-state index in [0.717, 1.165) is 0 Å². The molecule has 0 aliphatic rings. The van der Waals surface area contributed by atoms with Crippen molar-refractivity contribution in [1.82, 2.24) is 9.97 Å². The van der Waals surface area contributed by atoms with Gasteiger partial charge >= 0.3 is 0 Å². The first-order valence-electron chi connectivity index (χ1n) is 3.23. The summed E-state index contributed by atoms with van der Waals surface area (Å²) in [6.45, 7) is 0. The number of halogens is 1. The van der Waals surface area contributed by atoms with Crippen LogP contribution >= 0.6 is 23.4 Å². The summed E-state index contributed by atoms with van der Waals surface area (Å²) in [5.41, 5.74) is 5.54. The van der Waals surface area contributed by atoms with Crippen LogP contribution in [0, 0.1) is 0 Å². The second kappa shape index (κ2) is 3.82. The van der Waals surface area contributed by atoms with Gasteiger partial charge in [0, 0.05) is 7.05 Å². The van der Waals surface area contributed by atoms with Gasteiger partial charge in [0.25, 0.3) is 0 Å². The van der Waals surface area contributed by atoms with Gasteiger partial charge in [0.2, 0.25) is 5.95 Å². The first-order valence-corrected chi connectivity index (χ1v) is 4.84. The molecule has 0 spiro atoms. The van der Waals surface area contributed by atoms with Gasteiger partial charge in [-0.3, -0.25) is 0 Å². The highest BCUT2D eigenvalue weighted by molar-refractivity contribution is 7.98. The van der Waals surface area contributed by atoms with Crippen molar-refractivity contribution in [2.24, 2.45) is 0 Å². The third-order valence-electron chi connectivity index (χ3n) is 1.26. The SMILES string of the molecule is CNc1nc(N)c(Cl)c(SC)n1. The maximum absolute atomic E-state index is 5.82. The third kappa shape index (κ3) is 1.73. The molecular formula is C6H9ClN4S. The summed E-state index contributed by atoms with van der Waals surface area (Å²) in [5, 5.41) is 3.90. The summed E-state index contributed by atoms with van der Waals surface area (Å²) in [6, 6.07) is 0. The molecule has 0 atom stereocenters. The van der Waals surface area contributed by atoms with Gasteiger partial charge in [0.1, 0.15) is 15.9 Å². The minimum Gasteiger partial charge on any atom is -0.382 e. The molecule has 0 aliphatic heterocycles. The molecule has 3 N–H and O–H groups in total. The zero-order chi connectivity index (χ0) is 9.14. The molecule has 1 heterocycles. The van der Waals surface area contributed by atoms with Crippen molar-refractivity contribution >= 4 is 35.1 Å². The van der Waals surface area contributed by atoms with Crippen LogP contribution in [0.1, 0.15) is 0 Å². The number of thioether (sulfide) groups is 1. The number of hydrogen-bond donors (Lipinski definition) is 2. The largest absolute Gasteiger partial charge is 0.382 e. The standard InChI is InChI=1S/C6H9ClN4S/c1-9-6-10-4(8)3(7)5(11-6)12-2/h1-2H3,(H3,8,9,10,11). The fourth-order valence-corrected chi connectivity index (χ4v) is 1.47. The molecule has 0 fully saturated rings. The maximum Gasteiger partial charge on any atom is 0.225 e. The number of aromatic nitrogens is 2. The van der Waals surface area contributed by atoms with Crippen molar-refractivity contribution in [3.8, 4) is 0 Å². The van der Waals surface area contributed by atoms with Gasteiger partial charge in [-0.05, 0) is 6.26 Å². The molecule has 1 aromatic heterocycles. The number of nitrogens with two attached hydrogens (primary N) is 1. The summed E-state index contributed by atoms with van der Waals surface area (Å²) in [4.78, 5) is 8.01. The Morgan fingerprint density at radius 1 is 1.50 bits per heavy atom. The highest BCUT2D eigenvalue weighted by Gasteiger charge is 2.07. The average molecular weight is 205 g/mol. The molecule has 4 nitrogen and oxygen atoms in total. The lowest BCUT2D eigenvalue weighted by atomic mass is 10.6. The molecule has 0 radical (unpaired) electrons. The van der Waals surface area contributed by atoms with Crippen LogP contribution in [-0.2, 0) is 0 Å². The second-order valence-corrected chi connectivity index (χ2v) is 3.18.